The highest BCUT2D eigenvalue weighted by atomic mass is 79.9. The number of rotatable bonds is 9. The zero-order valence-electron chi connectivity index (χ0n) is 22.4. The number of hydrogen-bond acceptors (Lipinski definition) is 7. The quantitative estimate of drug-likeness (QED) is 0.148. The van der Waals surface area contributed by atoms with Gasteiger partial charge < -0.3 is 4.74 Å². The molecule has 0 saturated carbocycles. The summed E-state index contributed by atoms with van der Waals surface area (Å²) in [7, 11) is -4.44. The Morgan fingerprint density at radius 1 is 1.02 bits per heavy atom. The van der Waals surface area contributed by atoms with Gasteiger partial charge in [0.05, 0.1) is 24.8 Å². The van der Waals surface area contributed by atoms with E-state index in [1.54, 1.807) is 0 Å². The third kappa shape index (κ3) is 7.10. The van der Waals surface area contributed by atoms with Crippen LogP contribution in [0.2, 0.25) is 5.02 Å². The molecule has 1 aliphatic rings. The lowest BCUT2D eigenvalue weighted by Gasteiger charge is -2.37. The molecular weight excluding hydrogens is 726 g/mol. The molecule has 1 heterocycles. The zero-order valence-corrected chi connectivity index (χ0v) is 27.1. The smallest absolute Gasteiger partial charge is 0.289 e. The van der Waals surface area contributed by atoms with Gasteiger partial charge in [-0.15, -0.1) is 0 Å². The predicted octanol–water partition coefficient (Wildman–Crippen LogP) is 6.78. The van der Waals surface area contributed by atoms with Crippen LogP contribution in [0.3, 0.4) is 0 Å². The largest absolute Gasteiger partial charge is 0.487 e. The summed E-state index contributed by atoms with van der Waals surface area (Å²) in [5, 5.41) is 11.1. The Hall–Kier alpha value is -3.29. The molecule has 1 aliphatic heterocycles. The molecule has 1 N–H and O–H groups in total. The maximum atomic E-state index is 13.6. The number of amides is 1. The molecule has 5 rings (SSSR count). The summed E-state index contributed by atoms with van der Waals surface area (Å²) in [4.78, 5) is 25.6. The predicted molar refractivity (Wildman–Crippen MR) is 169 cm³/mol. The number of carbonyl (C=O) groups excluding carboxylic acids is 1. The molecule has 0 unspecified atom stereocenters. The van der Waals surface area contributed by atoms with Crippen molar-refractivity contribution >= 4 is 65.1 Å². The molecule has 0 spiro atoms. The molecule has 0 aromatic heterocycles. The van der Waals surface area contributed by atoms with Gasteiger partial charge in [0.15, 0.2) is 0 Å². The minimum Gasteiger partial charge on any atom is -0.487 e. The second kappa shape index (κ2) is 13.1. The average molecular weight is 750 g/mol. The molecule has 9 nitrogen and oxygen atoms in total. The summed E-state index contributed by atoms with van der Waals surface area (Å²) in [6, 6.07) is 23.4. The van der Waals surface area contributed by atoms with E-state index >= 15 is 0 Å². The molecule has 0 fully saturated rings. The monoisotopic (exact) mass is 747 g/mol. The van der Waals surface area contributed by atoms with Crippen molar-refractivity contribution in [2.24, 2.45) is 0 Å². The molecule has 1 atom stereocenters. The SMILES string of the molecule is O=C(NS(=O)(=O)c1ccc(Cl)c([N+](=O)[O-])c1)[C@@H]1Cc2cc(Br)c(OCc3ccccc3)c(Br)c2CN1Cc1ccccc1. The van der Waals surface area contributed by atoms with Gasteiger partial charge in [-0.25, -0.2) is 13.1 Å². The standard InChI is InChI=1S/C30H24Br2ClN3O6S/c31-24-13-21-14-27(30(37)34-43(40,41)22-11-12-25(33)26(15-22)36(38)39)35(16-19-7-3-1-4-8-19)17-23(21)28(32)29(24)42-18-20-9-5-2-6-10-20/h1-13,15,27H,14,16-18H2,(H,34,37)/t27-/m0/s1. The van der Waals surface area contributed by atoms with Crippen LogP contribution in [0.1, 0.15) is 22.3 Å². The van der Waals surface area contributed by atoms with Crippen molar-refractivity contribution in [1.29, 1.82) is 0 Å². The third-order valence-electron chi connectivity index (χ3n) is 7.00. The van der Waals surface area contributed by atoms with Crippen LogP contribution in [0, 0.1) is 10.1 Å². The topological polar surface area (TPSA) is 119 Å². The minimum absolute atomic E-state index is 0.209. The van der Waals surface area contributed by atoms with Crippen molar-refractivity contribution in [2.45, 2.75) is 37.1 Å². The molecular formula is C30H24Br2ClN3O6S. The van der Waals surface area contributed by atoms with E-state index in [1.807, 2.05) is 71.6 Å². The van der Waals surface area contributed by atoms with Crippen molar-refractivity contribution in [2.75, 3.05) is 0 Å². The maximum absolute atomic E-state index is 13.6. The highest BCUT2D eigenvalue weighted by Crippen LogP contribution is 2.42. The number of hydrogen-bond donors (Lipinski definition) is 1. The second-order valence-corrected chi connectivity index (χ2v) is 13.6. The van der Waals surface area contributed by atoms with Crippen LogP contribution < -0.4 is 9.46 Å². The maximum Gasteiger partial charge on any atom is 0.289 e. The van der Waals surface area contributed by atoms with Gasteiger partial charge >= 0.3 is 0 Å². The van der Waals surface area contributed by atoms with E-state index in [2.05, 4.69) is 36.6 Å². The number of ether oxygens (including phenoxy) is 1. The van der Waals surface area contributed by atoms with Crippen LogP contribution in [0.25, 0.3) is 0 Å². The summed E-state index contributed by atoms with van der Waals surface area (Å²) in [5.41, 5.74) is 3.13. The Balaban J connectivity index is 1.45. The van der Waals surface area contributed by atoms with E-state index < -0.39 is 37.5 Å². The Morgan fingerprint density at radius 3 is 2.33 bits per heavy atom. The van der Waals surface area contributed by atoms with E-state index in [1.165, 1.54) is 0 Å². The number of nitrogens with zero attached hydrogens (tertiary/aromatic N) is 2. The Bertz CT molecular complexity index is 1790. The molecule has 4 aromatic rings. The normalized spacial score (nSPS) is 15.0. The van der Waals surface area contributed by atoms with Gasteiger partial charge in [-0.1, -0.05) is 72.3 Å². The Labute approximate surface area is 270 Å². The van der Waals surface area contributed by atoms with E-state index in [4.69, 9.17) is 16.3 Å². The van der Waals surface area contributed by atoms with Gasteiger partial charge in [-0.3, -0.25) is 19.8 Å². The first kappa shape index (κ1) is 31.1. The van der Waals surface area contributed by atoms with Gasteiger partial charge in [-0.05, 0) is 78.7 Å². The molecule has 43 heavy (non-hydrogen) atoms. The summed E-state index contributed by atoms with van der Waals surface area (Å²) < 4.78 is 36.1. The summed E-state index contributed by atoms with van der Waals surface area (Å²) in [6.07, 6.45) is 0.209. The van der Waals surface area contributed by atoms with Crippen molar-refractivity contribution in [3.63, 3.8) is 0 Å². The molecule has 0 radical (unpaired) electrons. The molecule has 0 aliphatic carbocycles. The van der Waals surface area contributed by atoms with Crippen LogP contribution >= 0.6 is 43.5 Å². The van der Waals surface area contributed by atoms with Crippen LogP contribution in [-0.2, 0) is 40.9 Å². The van der Waals surface area contributed by atoms with Crippen LogP contribution in [-0.4, -0.2) is 30.2 Å². The molecule has 13 heteroatoms. The number of sulfonamides is 1. The number of nitro groups is 1. The van der Waals surface area contributed by atoms with Crippen LogP contribution in [0.4, 0.5) is 5.69 Å². The highest BCUT2D eigenvalue weighted by molar-refractivity contribution is 9.11. The number of nitrogens with one attached hydrogen (secondary N) is 1. The second-order valence-electron chi connectivity index (χ2n) is 9.86. The first-order chi connectivity index (χ1) is 20.5. The fraction of sp³-hybridized carbons (Fsp3) is 0.167. The fourth-order valence-electron chi connectivity index (χ4n) is 4.86. The zero-order chi connectivity index (χ0) is 30.7. The van der Waals surface area contributed by atoms with Gasteiger partial charge in [0.25, 0.3) is 21.6 Å². The average Bonchev–Trinajstić information content (AvgIpc) is 2.98. The fourth-order valence-corrected chi connectivity index (χ4v) is 7.64. The van der Waals surface area contributed by atoms with Gasteiger partial charge in [0, 0.05) is 19.2 Å². The molecule has 1 amide bonds. The first-order valence-corrected chi connectivity index (χ1v) is 16.4. The van der Waals surface area contributed by atoms with Crippen LogP contribution in [0.15, 0.2) is 98.8 Å². The summed E-state index contributed by atoms with van der Waals surface area (Å²) in [6.45, 7) is 1.05. The van der Waals surface area contributed by atoms with Crippen molar-refractivity contribution in [3.05, 3.63) is 131 Å². The lowest BCUT2D eigenvalue weighted by atomic mass is 9.92. The van der Waals surface area contributed by atoms with E-state index in [9.17, 15) is 23.3 Å². The Morgan fingerprint density at radius 2 is 1.67 bits per heavy atom. The molecule has 4 aromatic carbocycles. The lowest BCUT2D eigenvalue weighted by Crippen LogP contribution is -2.51. The lowest BCUT2D eigenvalue weighted by molar-refractivity contribution is -0.384. The van der Waals surface area contributed by atoms with Gasteiger partial charge in [-0.2, -0.15) is 0 Å². The number of benzene rings is 4. The van der Waals surface area contributed by atoms with Gasteiger partial charge in [0.1, 0.15) is 17.4 Å². The molecule has 222 valence electrons. The number of nitro benzene ring substituents is 1. The van der Waals surface area contributed by atoms with Crippen molar-refractivity contribution in [1.82, 2.24) is 9.62 Å². The van der Waals surface area contributed by atoms with E-state index in [0.717, 1.165) is 44.9 Å². The van der Waals surface area contributed by atoms with Gasteiger partial charge in [0.2, 0.25) is 0 Å². The number of halogens is 3. The molecule has 0 bridgehead atoms. The summed E-state index contributed by atoms with van der Waals surface area (Å²) in [5.74, 6) is -0.132. The van der Waals surface area contributed by atoms with Crippen LogP contribution in [0.5, 0.6) is 5.75 Å². The minimum atomic E-state index is -4.44. The number of carbonyl (C=O) groups is 1. The van der Waals surface area contributed by atoms with E-state index in [0.29, 0.717) is 29.9 Å². The summed E-state index contributed by atoms with van der Waals surface area (Å²) >= 11 is 13.2. The third-order valence-corrected chi connectivity index (χ3v) is 10.1. The van der Waals surface area contributed by atoms with E-state index in [-0.39, 0.29) is 11.4 Å². The first-order valence-electron chi connectivity index (χ1n) is 13.0. The Kier molecular flexibility index (Phi) is 9.52. The number of fused-ring (bicyclic) bond motifs is 1. The van der Waals surface area contributed by atoms with Crippen molar-refractivity contribution < 1.29 is 22.9 Å². The highest BCUT2D eigenvalue weighted by Gasteiger charge is 2.36. The molecule has 0 saturated heterocycles. The van der Waals surface area contributed by atoms with Crippen molar-refractivity contribution in [3.8, 4) is 5.75 Å².